The van der Waals surface area contributed by atoms with E-state index in [9.17, 15) is 14.9 Å². The molecule has 1 heterocycles. The maximum atomic E-state index is 12.1. The summed E-state index contributed by atoms with van der Waals surface area (Å²) >= 11 is 5.77. The van der Waals surface area contributed by atoms with Crippen molar-refractivity contribution in [1.82, 2.24) is 0 Å². The normalized spacial score (nSPS) is 16.3. The Kier molecular flexibility index (Phi) is 5.96. The maximum Gasteiger partial charge on any atom is 0.331 e. The smallest absolute Gasteiger partial charge is 0.331 e. The number of carbonyl (C=O) groups excluding carboxylic acids is 1. The lowest BCUT2D eigenvalue weighted by Crippen LogP contribution is -2.86. The molecule has 1 fully saturated rings. The molecule has 0 spiro atoms. The highest BCUT2D eigenvalue weighted by Crippen LogP contribution is 2.28. The summed E-state index contributed by atoms with van der Waals surface area (Å²) in [7, 11) is 0. The summed E-state index contributed by atoms with van der Waals surface area (Å²) in [5, 5.41) is 13.2. The molecule has 0 unspecified atom stereocenters. The fourth-order valence-corrected chi connectivity index (χ4v) is 3.12. The van der Waals surface area contributed by atoms with Crippen LogP contribution < -0.4 is 5.32 Å². The molecule has 0 aromatic heterocycles. The molecule has 1 aromatic carbocycles. The van der Waals surface area contributed by atoms with Crippen molar-refractivity contribution in [2.75, 3.05) is 13.1 Å². The Balaban J connectivity index is 2.02. The molecule has 24 heavy (non-hydrogen) atoms. The number of hydrogen-bond acceptors (Lipinski definition) is 4. The molecule has 6 nitrogen and oxygen atoms in total. The number of quaternary nitrogens is 1. The Morgan fingerprint density at radius 1 is 1.42 bits per heavy atom. The van der Waals surface area contributed by atoms with Crippen LogP contribution in [0.15, 0.2) is 24.3 Å². The fraction of sp³-hybridized carbons (Fsp3) is 0.471. The summed E-state index contributed by atoms with van der Waals surface area (Å²) in [6.45, 7) is 5.97. The van der Waals surface area contributed by atoms with E-state index in [0.29, 0.717) is 11.5 Å². The van der Waals surface area contributed by atoms with Gasteiger partial charge in [-0.05, 0) is 31.6 Å². The molecular weight excluding hydrogens is 332 g/mol. The molecule has 0 saturated carbocycles. The van der Waals surface area contributed by atoms with Gasteiger partial charge in [0.05, 0.1) is 18.0 Å². The van der Waals surface area contributed by atoms with E-state index in [2.05, 4.69) is 5.32 Å². The van der Waals surface area contributed by atoms with Gasteiger partial charge >= 0.3 is 5.97 Å². The Bertz CT molecular complexity index is 652. The monoisotopic (exact) mass is 353 g/mol. The molecule has 2 N–H and O–H groups in total. The van der Waals surface area contributed by atoms with Gasteiger partial charge in [-0.1, -0.05) is 17.7 Å². The fourth-order valence-electron chi connectivity index (χ4n) is 2.94. The van der Waals surface area contributed by atoms with Crippen LogP contribution in [0.2, 0.25) is 5.02 Å². The molecule has 1 aliphatic heterocycles. The largest absolute Gasteiger partial charge is 0.456 e. The first-order valence-electron chi connectivity index (χ1n) is 7.96. The number of nitro benzene ring substituents is 1. The average molecular weight is 354 g/mol. The lowest BCUT2D eigenvalue weighted by Gasteiger charge is -2.35. The van der Waals surface area contributed by atoms with Crippen LogP contribution in [-0.2, 0) is 9.53 Å². The molecule has 1 saturated heterocycles. The summed E-state index contributed by atoms with van der Waals surface area (Å²) in [4.78, 5) is 22.4. The van der Waals surface area contributed by atoms with Crippen molar-refractivity contribution in [3.8, 4) is 0 Å². The summed E-state index contributed by atoms with van der Waals surface area (Å²) in [6, 6.07) is 4.38. The average Bonchev–Trinajstić information content (AvgIpc) is 2.54. The van der Waals surface area contributed by atoms with E-state index in [1.807, 2.05) is 13.8 Å². The summed E-state index contributed by atoms with van der Waals surface area (Å²) < 4.78 is 5.60. The van der Waals surface area contributed by atoms with Gasteiger partial charge < -0.3 is 10.1 Å². The minimum Gasteiger partial charge on any atom is -0.456 e. The molecule has 1 aromatic rings. The van der Waals surface area contributed by atoms with Crippen LogP contribution in [0.1, 0.15) is 32.3 Å². The van der Waals surface area contributed by atoms with Gasteiger partial charge in [-0.2, -0.15) is 0 Å². The number of nitrogens with two attached hydrogens (primary N) is 1. The summed E-state index contributed by atoms with van der Waals surface area (Å²) in [5.74, 6) is -0.108. The Labute approximate surface area is 146 Å². The number of benzene rings is 1. The second-order valence-corrected chi connectivity index (χ2v) is 6.87. The number of hydrogen-bond donors (Lipinski definition) is 1. The van der Waals surface area contributed by atoms with Gasteiger partial charge in [0.1, 0.15) is 10.6 Å². The molecule has 130 valence electrons. The molecule has 0 atom stereocenters. The first-order valence-corrected chi connectivity index (χ1v) is 8.34. The zero-order valence-electron chi connectivity index (χ0n) is 13.8. The van der Waals surface area contributed by atoms with Gasteiger partial charge in [-0.15, -0.1) is 0 Å². The third kappa shape index (κ3) is 4.79. The minimum atomic E-state index is -0.554. The highest BCUT2D eigenvalue weighted by Gasteiger charge is 2.34. The van der Waals surface area contributed by atoms with Gasteiger partial charge in [0.15, 0.2) is 0 Å². The van der Waals surface area contributed by atoms with Crippen LogP contribution in [0, 0.1) is 16.0 Å². The number of ether oxygens (including phenoxy) is 1. The highest BCUT2D eigenvalue weighted by atomic mass is 35.5. The van der Waals surface area contributed by atoms with Crippen molar-refractivity contribution in [1.29, 1.82) is 0 Å². The van der Waals surface area contributed by atoms with Crippen molar-refractivity contribution >= 4 is 29.3 Å². The van der Waals surface area contributed by atoms with Crippen molar-refractivity contribution < 1.29 is 19.8 Å². The number of halogens is 1. The first kappa shape index (κ1) is 18.4. The Morgan fingerprint density at radius 2 is 2.08 bits per heavy atom. The predicted molar refractivity (Wildman–Crippen MR) is 91.7 cm³/mol. The zero-order chi connectivity index (χ0) is 17.7. The number of nitrogens with zero attached hydrogens (tertiary/aromatic N) is 1. The number of rotatable bonds is 5. The van der Waals surface area contributed by atoms with Gasteiger partial charge in [0.2, 0.25) is 0 Å². The van der Waals surface area contributed by atoms with Crippen LogP contribution in [0.25, 0.3) is 6.08 Å². The van der Waals surface area contributed by atoms with Crippen molar-refractivity contribution in [3.63, 3.8) is 0 Å². The van der Waals surface area contributed by atoms with Crippen LogP contribution in [0.4, 0.5) is 5.69 Å². The van der Waals surface area contributed by atoms with Crippen LogP contribution in [-0.4, -0.2) is 29.6 Å². The van der Waals surface area contributed by atoms with E-state index in [-0.39, 0.29) is 10.7 Å². The molecular formula is C17H22ClN2O4+. The van der Waals surface area contributed by atoms with Crippen LogP contribution in [0.3, 0.4) is 0 Å². The van der Waals surface area contributed by atoms with E-state index < -0.39 is 16.5 Å². The lowest BCUT2D eigenvalue weighted by atomic mass is 9.83. The first-order chi connectivity index (χ1) is 11.3. The SMILES string of the molecule is CC(C)(OC(=O)/C=C/c1ccc(Cl)c([N+](=O)[O-])c1)C1CC[NH2+]CC1. The van der Waals surface area contributed by atoms with E-state index >= 15 is 0 Å². The molecule has 7 heteroatoms. The third-order valence-electron chi connectivity index (χ3n) is 4.36. The quantitative estimate of drug-likeness (QED) is 0.381. The molecule has 0 aliphatic carbocycles. The zero-order valence-corrected chi connectivity index (χ0v) is 14.6. The molecule has 0 bridgehead atoms. The molecule has 0 amide bonds. The second-order valence-electron chi connectivity index (χ2n) is 6.47. The molecule has 1 aliphatic rings. The topological polar surface area (TPSA) is 86.0 Å². The predicted octanol–water partition coefficient (Wildman–Crippen LogP) is 2.56. The van der Waals surface area contributed by atoms with E-state index in [1.165, 1.54) is 24.3 Å². The summed E-state index contributed by atoms with van der Waals surface area (Å²) in [6.07, 6.45) is 4.83. The van der Waals surface area contributed by atoms with Crippen molar-refractivity contribution in [3.05, 3.63) is 45.0 Å². The highest BCUT2D eigenvalue weighted by molar-refractivity contribution is 6.32. The second kappa shape index (κ2) is 7.77. The number of carbonyl (C=O) groups is 1. The Hall–Kier alpha value is -1.92. The van der Waals surface area contributed by atoms with Gasteiger partial charge in [-0.3, -0.25) is 10.1 Å². The van der Waals surface area contributed by atoms with Gasteiger partial charge in [-0.25, -0.2) is 4.79 Å². The van der Waals surface area contributed by atoms with Gasteiger partial charge in [0, 0.05) is 30.9 Å². The van der Waals surface area contributed by atoms with E-state index in [1.54, 1.807) is 6.07 Å². The lowest BCUT2D eigenvalue weighted by molar-refractivity contribution is -0.665. The molecule has 2 rings (SSSR count). The standard InChI is InChI=1S/C17H21ClN2O4/c1-17(2,13-7-9-19-10-8-13)24-16(21)6-4-12-3-5-14(18)15(11-12)20(22)23/h3-6,11,13,19H,7-10H2,1-2H3/p+1/b6-4+. The molecule has 0 radical (unpaired) electrons. The Morgan fingerprint density at radius 3 is 2.71 bits per heavy atom. The van der Waals surface area contributed by atoms with E-state index in [0.717, 1.165) is 25.9 Å². The van der Waals surface area contributed by atoms with Gasteiger partial charge in [0.25, 0.3) is 5.69 Å². The maximum absolute atomic E-state index is 12.1. The summed E-state index contributed by atoms with van der Waals surface area (Å²) in [5.41, 5.74) is -0.194. The number of nitro groups is 1. The van der Waals surface area contributed by atoms with Crippen LogP contribution >= 0.6 is 11.6 Å². The van der Waals surface area contributed by atoms with Crippen LogP contribution in [0.5, 0.6) is 0 Å². The van der Waals surface area contributed by atoms with Crippen molar-refractivity contribution in [2.45, 2.75) is 32.3 Å². The minimum absolute atomic E-state index is 0.0648. The van der Waals surface area contributed by atoms with Crippen molar-refractivity contribution in [2.24, 2.45) is 5.92 Å². The van der Waals surface area contributed by atoms with E-state index in [4.69, 9.17) is 16.3 Å². The number of esters is 1. The number of piperidine rings is 1. The third-order valence-corrected chi connectivity index (χ3v) is 4.68.